The summed E-state index contributed by atoms with van der Waals surface area (Å²) in [7, 11) is 0. The molecule has 0 radical (unpaired) electrons. The summed E-state index contributed by atoms with van der Waals surface area (Å²) in [6, 6.07) is 1.93. The van der Waals surface area contributed by atoms with Gasteiger partial charge in [0.15, 0.2) is 0 Å². The van der Waals surface area contributed by atoms with Crippen LogP contribution in [0.2, 0.25) is 0 Å². The largest absolute Gasteiger partial charge is 0.380 e. The van der Waals surface area contributed by atoms with E-state index in [2.05, 4.69) is 9.97 Å². The molecule has 0 atom stereocenters. The third-order valence-corrected chi connectivity index (χ3v) is 3.60. The monoisotopic (exact) mass is 208 g/mol. The predicted molar refractivity (Wildman–Crippen MR) is 53.8 cm³/mol. The molecule has 2 aromatic rings. The first kappa shape index (κ1) is 8.14. The molecule has 1 N–H and O–H groups in total. The van der Waals surface area contributed by atoms with Crippen molar-refractivity contribution in [3.8, 4) is 0 Å². The van der Waals surface area contributed by atoms with E-state index in [0.29, 0.717) is 11.3 Å². The Labute approximate surface area is 83.6 Å². The molecule has 0 amide bonds. The van der Waals surface area contributed by atoms with Gasteiger partial charge < -0.3 is 9.72 Å². The standard InChI is InChI=1S/C9H8N2O2S/c12-8-6-1-7(5-2-13-3-5)14-9(6)11-4-10-8/h1,4-5H,2-3H2,(H,10,11,12). The number of ether oxygens (including phenoxy) is 1. The maximum Gasteiger partial charge on any atom is 0.259 e. The van der Waals surface area contributed by atoms with Crippen molar-refractivity contribution in [1.29, 1.82) is 0 Å². The van der Waals surface area contributed by atoms with Crippen LogP contribution in [0.1, 0.15) is 10.8 Å². The van der Waals surface area contributed by atoms with Gasteiger partial charge >= 0.3 is 0 Å². The van der Waals surface area contributed by atoms with E-state index in [1.165, 1.54) is 11.2 Å². The Morgan fingerprint density at radius 3 is 3.07 bits per heavy atom. The van der Waals surface area contributed by atoms with Crippen LogP contribution < -0.4 is 5.56 Å². The predicted octanol–water partition coefficient (Wildman–Crippen LogP) is 1.10. The maximum absolute atomic E-state index is 11.4. The van der Waals surface area contributed by atoms with Crippen molar-refractivity contribution < 1.29 is 4.74 Å². The highest BCUT2D eigenvalue weighted by atomic mass is 32.1. The van der Waals surface area contributed by atoms with Crippen LogP contribution in [0.4, 0.5) is 0 Å². The molecular weight excluding hydrogens is 200 g/mol. The Morgan fingerprint density at radius 1 is 1.57 bits per heavy atom. The molecule has 0 bridgehead atoms. The number of hydrogen-bond acceptors (Lipinski definition) is 4. The van der Waals surface area contributed by atoms with Crippen LogP contribution in [0.25, 0.3) is 10.2 Å². The normalized spacial score (nSPS) is 17.1. The van der Waals surface area contributed by atoms with E-state index >= 15 is 0 Å². The van der Waals surface area contributed by atoms with E-state index in [4.69, 9.17) is 4.74 Å². The average Bonchev–Trinajstić information content (AvgIpc) is 2.46. The molecule has 0 unspecified atom stereocenters. The van der Waals surface area contributed by atoms with E-state index < -0.39 is 0 Å². The summed E-state index contributed by atoms with van der Waals surface area (Å²) in [6.45, 7) is 1.54. The smallest absolute Gasteiger partial charge is 0.259 e. The molecule has 0 aromatic carbocycles. The molecule has 0 spiro atoms. The van der Waals surface area contributed by atoms with Crippen LogP contribution in [-0.4, -0.2) is 23.2 Å². The zero-order valence-corrected chi connectivity index (χ0v) is 8.13. The average molecular weight is 208 g/mol. The molecule has 72 valence electrons. The maximum atomic E-state index is 11.4. The lowest BCUT2D eigenvalue weighted by molar-refractivity contribution is 0.00990. The summed E-state index contributed by atoms with van der Waals surface area (Å²) in [5.74, 6) is 0.466. The van der Waals surface area contributed by atoms with Crippen molar-refractivity contribution in [2.45, 2.75) is 5.92 Å². The number of fused-ring (bicyclic) bond motifs is 1. The molecule has 14 heavy (non-hydrogen) atoms. The van der Waals surface area contributed by atoms with E-state index in [0.717, 1.165) is 18.0 Å². The van der Waals surface area contributed by atoms with Crippen LogP contribution in [0.5, 0.6) is 0 Å². The number of rotatable bonds is 1. The fraction of sp³-hybridized carbons (Fsp3) is 0.333. The highest BCUT2D eigenvalue weighted by molar-refractivity contribution is 7.18. The molecule has 5 heteroatoms. The molecule has 1 fully saturated rings. The Balaban J connectivity index is 2.19. The first-order valence-electron chi connectivity index (χ1n) is 4.39. The highest BCUT2D eigenvalue weighted by Crippen LogP contribution is 2.31. The van der Waals surface area contributed by atoms with Gasteiger partial charge in [-0.25, -0.2) is 4.98 Å². The van der Waals surface area contributed by atoms with Gasteiger partial charge in [0.05, 0.1) is 24.9 Å². The molecule has 0 aliphatic carbocycles. The van der Waals surface area contributed by atoms with Crippen molar-refractivity contribution in [2.75, 3.05) is 13.2 Å². The van der Waals surface area contributed by atoms with E-state index in [9.17, 15) is 4.79 Å². The van der Waals surface area contributed by atoms with Gasteiger partial charge in [-0.3, -0.25) is 4.79 Å². The number of hydrogen-bond donors (Lipinski definition) is 1. The summed E-state index contributed by atoms with van der Waals surface area (Å²) in [6.07, 6.45) is 1.45. The van der Waals surface area contributed by atoms with Crippen LogP contribution in [0.15, 0.2) is 17.2 Å². The molecule has 1 aliphatic rings. The number of thiophene rings is 1. The SMILES string of the molecule is O=c1[nH]cnc2sc(C3COC3)cc12. The second-order valence-corrected chi connectivity index (χ2v) is 4.40. The van der Waals surface area contributed by atoms with Crippen molar-refractivity contribution in [2.24, 2.45) is 0 Å². The summed E-state index contributed by atoms with van der Waals surface area (Å²) in [4.78, 5) is 20.1. The molecule has 2 aromatic heterocycles. The van der Waals surface area contributed by atoms with Gasteiger partial charge in [0, 0.05) is 10.8 Å². The van der Waals surface area contributed by atoms with Gasteiger partial charge in [-0.2, -0.15) is 0 Å². The van der Waals surface area contributed by atoms with Crippen LogP contribution in [0, 0.1) is 0 Å². The van der Waals surface area contributed by atoms with Crippen LogP contribution >= 0.6 is 11.3 Å². The molecule has 1 aliphatic heterocycles. The third kappa shape index (κ3) is 1.09. The fourth-order valence-electron chi connectivity index (χ4n) is 1.49. The van der Waals surface area contributed by atoms with Gasteiger partial charge in [0.2, 0.25) is 0 Å². The van der Waals surface area contributed by atoms with Gasteiger partial charge in [-0.05, 0) is 6.07 Å². The van der Waals surface area contributed by atoms with E-state index in [1.54, 1.807) is 11.3 Å². The Bertz CT molecular complexity index is 527. The summed E-state index contributed by atoms with van der Waals surface area (Å²) >= 11 is 1.58. The van der Waals surface area contributed by atoms with Crippen LogP contribution in [0.3, 0.4) is 0 Å². The minimum atomic E-state index is -0.0576. The summed E-state index contributed by atoms with van der Waals surface area (Å²) < 4.78 is 5.12. The molecule has 1 saturated heterocycles. The molecule has 3 heterocycles. The summed E-state index contributed by atoms with van der Waals surface area (Å²) in [5.41, 5.74) is -0.0576. The number of nitrogens with one attached hydrogen (secondary N) is 1. The van der Waals surface area contributed by atoms with Gasteiger partial charge in [0.1, 0.15) is 4.83 Å². The fourth-order valence-corrected chi connectivity index (χ4v) is 2.56. The Hall–Kier alpha value is -1.20. The van der Waals surface area contributed by atoms with Crippen molar-refractivity contribution in [3.05, 3.63) is 27.6 Å². The molecular formula is C9H8N2O2S. The Morgan fingerprint density at radius 2 is 2.43 bits per heavy atom. The quantitative estimate of drug-likeness (QED) is 0.763. The summed E-state index contributed by atoms with van der Waals surface area (Å²) in [5, 5.41) is 0.694. The lowest BCUT2D eigenvalue weighted by Crippen LogP contribution is -2.24. The zero-order chi connectivity index (χ0) is 9.54. The number of aromatic amines is 1. The van der Waals surface area contributed by atoms with Gasteiger partial charge in [0.25, 0.3) is 5.56 Å². The van der Waals surface area contributed by atoms with E-state index in [1.807, 2.05) is 6.07 Å². The zero-order valence-electron chi connectivity index (χ0n) is 7.32. The first-order valence-corrected chi connectivity index (χ1v) is 5.21. The lowest BCUT2D eigenvalue weighted by atomic mass is 10.1. The van der Waals surface area contributed by atoms with Crippen molar-refractivity contribution in [1.82, 2.24) is 9.97 Å². The van der Waals surface area contributed by atoms with Gasteiger partial charge in [-0.1, -0.05) is 0 Å². The topological polar surface area (TPSA) is 55.0 Å². The minimum absolute atomic E-state index is 0.0576. The minimum Gasteiger partial charge on any atom is -0.380 e. The van der Waals surface area contributed by atoms with Crippen molar-refractivity contribution >= 4 is 21.6 Å². The first-order chi connectivity index (χ1) is 6.84. The van der Waals surface area contributed by atoms with Gasteiger partial charge in [-0.15, -0.1) is 11.3 Å². The number of nitrogens with zero attached hydrogens (tertiary/aromatic N) is 1. The lowest BCUT2D eigenvalue weighted by Gasteiger charge is -2.24. The van der Waals surface area contributed by atoms with Crippen molar-refractivity contribution in [3.63, 3.8) is 0 Å². The van der Waals surface area contributed by atoms with E-state index in [-0.39, 0.29) is 5.56 Å². The molecule has 4 nitrogen and oxygen atoms in total. The second-order valence-electron chi connectivity index (χ2n) is 3.33. The Kier molecular flexibility index (Phi) is 1.68. The van der Waals surface area contributed by atoms with Crippen LogP contribution in [-0.2, 0) is 4.74 Å². The molecule has 3 rings (SSSR count). The third-order valence-electron chi connectivity index (χ3n) is 2.39. The second kappa shape index (κ2) is 2.90. The molecule has 0 saturated carbocycles. The number of aromatic nitrogens is 2. The number of H-pyrrole nitrogens is 1. The highest BCUT2D eigenvalue weighted by Gasteiger charge is 2.23.